The van der Waals surface area contributed by atoms with Crippen LogP contribution in [0.25, 0.3) is 0 Å². The lowest BCUT2D eigenvalue weighted by atomic mass is 9.92. The van der Waals surface area contributed by atoms with Gasteiger partial charge in [0.2, 0.25) is 0 Å². The summed E-state index contributed by atoms with van der Waals surface area (Å²) in [4.78, 5) is 2.64. The number of nitrogens with zero attached hydrogens (tertiary/aromatic N) is 1. The summed E-state index contributed by atoms with van der Waals surface area (Å²) in [5.74, 6) is 0.906. The Balaban J connectivity index is 1.81. The van der Waals surface area contributed by atoms with Crippen molar-refractivity contribution in [3.8, 4) is 0 Å². The quantitative estimate of drug-likeness (QED) is 0.699. The molecule has 1 saturated heterocycles. The summed E-state index contributed by atoms with van der Waals surface area (Å²) >= 11 is 0. The van der Waals surface area contributed by atoms with E-state index in [1.807, 2.05) is 0 Å². The molecule has 1 fully saturated rings. The smallest absolute Gasteiger partial charge is 0.0252 e. The third-order valence-corrected chi connectivity index (χ3v) is 3.54. The van der Waals surface area contributed by atoms with Gasteiger partial charge in [0.25, 0.3) is 0 Å². The number of piperazine rings is 1. The fraction of sp³-hybridized carbons (Fsp3) is 0.846. The summed E-state index contributed by atoms with van der Waals surface area (Å²) < 4.78 is 0. The molecule has 0 radical (unpaired) electrons. The van der Waals surface area contributed by atoms with E-state index in [1.165, 1.54) is 38.9 Å². The van der Waals surface area contributed by atoms with E-state index in [9.17, 15) is 0 Å². The molecule has 1 heterocycles. The lowest BCUT2D eigenvalue weighted by Crippen LogP contribution is -2.57. The lowest BCUT2D eigenvalue weighted by molar-refractivity contribution is 0.132. The van der Waals surface area contributed by atoms with Crippen molar-refractivity contribution in [2.45, 2.75) is 38.6 Å². The average molecular weight is 208 g/mol. The molecule has 1 unspecified atom stereocenters. The minimum atomic E-state index is 0.308. The Hall–Kier alpha value is -0.340. The van der Waals surface area contributed by atoms with Crippen molar-refractivity contribution < 1.29 is 0 Å². The van der Waals surface area contributed by atoms with Crippen LogP contribution in [0.5, 0.6) is 0 Å². The Morgan fingerprint density at radius 1 is 1.40 bits per heavy atom. The topological polar surface area (TPSA) is 15.3 Å². The maximum Gasteiger partial charge on any atom is 0.0252 e. The minimum Gasteiger partial charge on any atom is -0.309 e. The first-order valence-corrected chi connectivity index (χ1v) is 6.28. The summed E-state index contributed by atoms with van der Waals surface area (Å²) in [5.41, 5.74) is 0.308. The van der Waals surface area contributed by atoms with Gasteiger partial charge >= 0.3 is 0 Å². The molecule has 2 aliphatic rings. The monoisotopic (exact) mass is 208 g/mol. The van der Waals surface area contributed by atoms with Gasteiger partial charge in [0.15, 0.2) is 0 Å². The molecule has 2 rings (SSSR count). The average Bonchev–Trinajstić information content (AvgIpc) is 2.17. The molecule has 2 nitrogen and oxygen atoms in total. The van der Waals surface area contributed by atoms with E-state index in [0.717, 1.165) is 12.5 Å². The van der Waals surface area contributed by atoms with Crippen LogP contribution in [0.4, 0.5) is 0 Å². The van der Waals surface area contributed by atoms with Gasteiger partial charge in [0.05, 0.1) is 0 Å². The Morgan fingerprint density at radius 2 is 2.27 bits per heavy atom. The van der Waals surface area contributed by atoms with Crippen LogP contribution in [0.15, 0.2) is 12.2 Å². The van der Waals surface area contributed by atoms with Gasteiger partial charge in [0.1, 0.15) is 0 Å². The summed E-state index contributed by atoms with van der Waals surface area (Å²) in [5, 5.41) is 3.57. The predicted molar refractivity (Wildman–Crippen MR) is 65.0 cm³/mol. The van der Waals surface area contributed by atoms with Gasteiger partial charge in [-0.25, -0.2) is 0 Å². The zero-order chi connectivity index (χ0) is 10.7. The van der Waals surface area contributed by atoms with Crippen molar-refractivity contribution in [3.05, 3.63) is 12.2 Å². The van der Waals surface area contributed by atoms with E-state index in [-0.39, 0.29) is 0 Å². The van der Waals surface area contributed by atoms with Crippen LogP contribution in [0, 0.1) is 5.92 Å². The maximum absolute atomic E-state index is 3.57. The van der Waals surface area contributed by atoms with Crippen molar-refractivity contribution in [1.82, 2.24) is 10.2 Å². The van der Waals surface area contributed by atoms with E-state index in [0.29, 0.717) is 5.54 Å². The zero-order valence-corrected chi connectivity index (χ0v) is 10.1. The van der Waals surface area contributed by atoms with Gasteiger partial charge in [-0.1, -0.05) is 12.2 Å². The van der Waals surface area contributed by atoms with Gasteiger partial charge in [-0.3, -0.25) is 4.90 Å². The van der Waals surface area contributed by atoms with Crippen LogP contribution in [0.1, 0.15) is 33.1 Å². The second-order valence-electron chi connectivity index (χ2n) is 5.70. The van der Waals surface area contributed by atoms with E-state index in [4.69, 9.17) is 0 Å². The minimum absolute atomic E-state index is 0.308. The molecular weight excluding hydrogens is 184 g/mol. The number of nitrogens with one attached hydrogen (secondary N) is 1. The van der Waals surface area contributed by atoms with Gasteiger partial charge in [-0.2, -0.15) is 0 Å². The Morgan fingerprint density at radius 3 is 2.93 bits per heavy atom. The highest BCUT2D eigenvalue weighted by atomic mass is 15.2. The van der Waals surface area contributed by atoms with Crippen LogP contribution in [-0.2, 0) is 0 Å². The zero-order valence-electron chi connectivity index (χ0n) is 10.1. The van der Waals surface area contributed by atoms with Crippen LogP contribution < -0.4 is 5.32 Å². The molecule has 2 heteroatoms. The fourth-order valence-corrected chi connectivity index (χ4v) is 2.79. The summed E-state index contributed by atoms with van der Waals surface area (Å²) in [7, 11) is 0. The second-order valence-corrected chi connectivity index (χ2v) is 5.70. The van der Waals surface area contributed by atoms with Crippen LogP contribution >= 0.6 is 0 Å². The molecule has 1 aliphatic carbocycles. The normalized spacial score (nSPS) is 31.7. The van der Waals surface area contributed by atoms with Crippen molar-refractivity contribution in [3.63, 3.8) is 0 Å². The van der Waals surface area contributed by atoms with Crippen LogP contribution in [-0.4, -0.2) is 36.6 Å². The maximum atomic E-state index is 3.57. The van der Waals surface area contributed by atoms with Crippen LogP contribution in [0.3, 0.4) is 0 Å². The highest BCUT2D eigenvalue weighted by Crippen LogP contribution is 2.21. The van der Waals surface area contributed by atoms with Crippen molar-refractivity contribution >= 4 is 0 Å². The molecule has 86 valence electrons. The van der Waals surface area contributed by atoms with E-state index >= 15 is 0 Å². The van der Waals surface area contributed by atoms with Crippen molar-refractivity contribution in [1.29, 1.82) is 0 Å². The Labute approximate surface area is 93.7 Å². The lowest BCUT2D eigenvalue weighted by Gasteiger charge is -2.40. The van der Waals surface area contributed by atoms with Gasteiger partial charge < -0.3 is 5.32 Å². The molecule has 0 amide bonds. The summed E-state index contributed by atoms with van der Waals surface area (Å²) in [6, 6.07) is 0. The van der Waals surface area contributed by atoms with Crippen molar-refractivity contribution in [2.75, 3.05) is 26.2 Å². The van der Waals surface area contributed by atoms with Crippen LogP contribution in [0.2, 0.25) is 0 Å². The summed E-state index contributed by atoms with van der Waals surface area (Å²) in [6.45, 7) is 9.49. The number of allylic oxidation sites excluding steroid dienone is 2. The van der Waals surface area contributed by atoms with Gasteiger partial charge in [-0.05, 0) is 39.0 Å². The van der Waals surface area contributed by atoms with E-state index in [1.54, 1.807) is 0 Å². The number of hydrogen-bond acceptors (Lipinski definition) is 2. The number of rotatable bonds is 2. The molecule has 0 saturated carbocycles. The SMILES string of the molecule is CC1(C)CN(CC2CC=CCC2)CCN1. The molecule has 0 aromatic carbocycles. The largest absolute Gasteiger partial charge is 0.309 e. The first-order valence-electron chi connectivity index (χ1n) is 6.28. The standard InChI is InChI=1S/C13H24N2/c1-13(2)11-15(9-8-14-13)10-12-6-4-3-5-7-12/h3-4,12,14H,5-11H2,1-2H3. The highest BCUT2D eigenvalue weighted by molar-refractivity contribution is 4.93. The predicted octanol–water partition coefficient (Wildman–Crippen LogP) is 2.03. The first kappa shape index (κ1) is 11.2. The third kappa shape index (κ3) is 3.32. The van der Waals surface area contributed by atoms with E-state index < -0.39 is 0 Å². The molecule has 0 aromatic heterocycles. The Bertz CT molecular complexity index is 233. The highest BCUT2D eigenvalue weighted by Gasteiger charge is 2.26. The molecular formula is C13H24N2. The molecule has 0 bridgehead atoms. The van der Waals surface area contributed by atoms with E-state index in [2.05, 4.69) is 36.2 Å². The van der Waals surface area contributed by atoms with Gasteiger partial charge in [-0.15, -0.1) is 0 Å². The third-order valence-electron chi connectivity index (χ3n) is 3.54. The fourth-order valence-electron chi connectivity index (χ4n) is 2.79. The van der Waals surface area contributed by atoms with Gasteiger partial charge in [0, 0.05) is 31.7 Å². The summed E-state index contributed by atoms with van der Waals surface area (Å²) in [6.07, 6.45) is 8.67. The second kappa shape index (κ2) is 4.67. The molecule has 1 N–H and O–H groups in total. The Kier molecular flexibility index (Phi) is 3.47. The molecule has 15 heavy (non-hydrogen) atoms. The first-order chi connectivity index (χ1) is 7.16. The molecule has 0 aromatic rings. The number of hydrogen-bond donors (Lipinski definition) is 1. The molecule has 1 aliphatic heterocycles. The molecule has 1 atom stereocenters. The molecule has 0 spiro atoms. The van der Waals surface area contributed by atoms with Crippen molar-refractivity contribution in [2.24, 2.45) is 5.92 Å².